The van der Waals surface area contributed by atoms with Gasteiger partial charge in [0.15, 0.2) is 12.1 Å². The van der Waals surface area contributed by atoms with Gasteiger partial charge in [0.05, 0.1) is 30.1 Å². The largest absolute Gasteiger partial charge is 0.496 e. The Bertz CT molecular complexity index is 1090. The lowest BCUT2D eigenvalue weighted by Crippen LogP contribution is -1.94. The number of ether oxygens (including phenoxy) is 1. The van der Waals surface area contributed by atoms with Crippen molar-refractivity contribution in [2.45, 2.75) is 0 Å². The molecule has 4 rings (SSSR count). The minimum absolute atomic E-state index is 0.276. The van der Waals surface area contributed by atoms with Crippen LogP contribution in [0.3, 0.4) is 0 Å². The first-order chi connectivity index (χ1) is 12.2. The van der Waals surface area contributed by atoms with Crippen LogP contribution in [0.5, 0.6) is 5.75 Å². The molecule has 8 heteroatoms. The van der Waals surface area contributed by atoms with Gasteiger partial charge in [0.2, 0.25) is 0 Å². The van der Waals surface area contributed by atoms with E-state index in [1.54, 1.807) is 35.2 Å². The summed E-state index contributed by atoms with van der Waals surface area (Å²) in [6.07, 6.45) is 5.28. The molecule has 3 heterocycles. The van der Waals surface area contributed by atoms with Crippen LogP contribution >= 0.6 is 0 Å². The quantitative estimate of drug-likeness (QED) is 0.579. The predicted molar refractivity (Wildman–Crippen MR) is 88.3 cm³/mol. The summed E-state index contributed by atoms with van der Waals surface area (Å²) in [6.45, 7) is 0. The number of hydrogen-bond donors (Lipinski definition) is 1. The summed E-state index contributed by atoms with van der Waals surface area (Å²) in [4.78, 5) is 19.1. The van der Waals surface area contributed by atoms with Gasteiger partial charge in [-0.15, -0.1) is 0 Å². The number of H-pyrrole nitrogens is 1. The van der Waals surface area contributed by atoms with Crippen molar-refractivity contribution in [1.82, 2.24) is 24.7 Å². The van der Waals surface area contributed by atoms with Crippen molar-refractivity contribution in [1.29, 1.82) is 0 Å². The van der Waals surface area contributed by atoms with Crippen LogP contribution in [0, 0.1) is 5.82 Å². The molecule has 0 fully saturated rings. The van der Waals surface area contributed by atoms with E-state index in [-0.39, 0.29) is 5.56 Å². The number of rotatable bonds is 4. The normalized spacial score (nSPS) is 11.0. The van der Waals surface area contributed by atoms with E-state index in [0.29, 0.717) is 40.1 Å². The van der Waals surface area contributed by atoms with Crippen molar-refractivity contribution >= 4 is 17.2 Å². The number of halogens is 1. The second-order valence-electron chi connectivity index (χ2n) is 5.30. The van der Waals surface area contributed by atoms with Crippen LogP contribution in [-0.4, -0.2) is 38.1 Å². The molecule has 7 nitrogen and oxygen atoms in total. The van der Waals surface area contributed by atoms with Crippen molar-refractivity contribution in [2.75, 3.05) is 7.11 Å². The number of carbonyl (C=O) groups excluding carboxylic acids is 1. The van der Waals surface area contributed by atoms with E-state index in [4.69, 9.17) is 4.74 Å². The average Bonchev–Trinajstić information content (AvgIpc) is 3.27. The van der Waals surface area contributed by atoms with Crippen LogP contribution < -0.4 is 4.74 Å². The molecule has 0 amide bonds. The van der Waals surface area contributed by atoms with Crippen LogP contribution in [0.25, 0.3) is 28.0 Å². The first kappa shape index (κ1) is 15.0. The summed E-state index contributed by atoms with van der Waals surface area (Å²) in [6, 6.07) is 6.32. The number of methoxy groups -OCH3 is 1. The molecule has 0 unspecified atom stereocenters. The second-order valence-corrected chi connectivity index (χ2v) is 5.30. The molecule has 0 radical (unpaired) electrons. The van der Waals surface area contributed by atoms with Gasteiger partial charge in [0, 0.05) is 11.6 Å². The molecule has 0 aliphatic rings. The minimum atomic E-state index is -0.429. The number of aromatic amines is 1. The fourth-order valence-electron chi connectivity index (χ4n) is 2.67. The molecule has 0 spiro atoms. The van der Waals surface area contributed by atoms with Gasteiger partial charge in [-0.2, -0.15) is 5.10 Å². The fraction of sp³-hybridized carbons (Fsp3) is 0.0588. The SMILES string of the molecule is COc1cccc(F)c1-c1cc2c(-n3cnc(C=O)c3)n[nH]c2cn1. The molecule has 3 aromatic heterocycles. The maximum absolute atomic E-state index is 14.3. The van der Waals surface area contributed by atoms with Crippen LogP contribution in [0.15, 0.2) is 43.0 Å². The maximum atomic E-state index is 14.3. The predicted octanol–water partition coefficient (Wildman–Crippen LogP) is 2.77. The molecule has 0 atom stereocenters. The highest BCUT2D eigenvalue weighted by atomic mass is 19.1. The van der Waals surface area contributed by atoms with Crippen LogP contribution in [0.4, 0.5) is 4.39 Å². The lowest BCUT2D eigenvalue weighted by atomic mass is 10.1. The fourth-order valence-corrected chi connectivity index (χ4v) is 2.67. The van der Waals surface area contributed by atoms with Gasteiger partial charge in [-0.05, 0) is 18.2 Å². The zero-order valence-corrected chi connectivity index (χ0v) is 13.1. The molecular formula is C17H12FN5O2. The van der Waals surface area contributed by atoms with E-state index in [2.05, 4.69) is 20.2 Å². The highest BCUT2D eigenvalue weighted by molar-refractivity contribution is 5.89. The monoisotopic (exact) mass is 337 g/mol. The number of fused-ring (bicyclic) bond motifs is 1. The van der Waals surface area contributed by atoms with Gasteiger partial charge in [-0.3, -0.25) is 19.4 Å². The van der Waals surface area contributed by atoms with Gasteiger partial charge in [0.25, 0.3) is 0 Å². The maximum Gasteiger partial charge on any atom is 0.170 e. The summed E-state index contributed by atoms with van der Waals surface area (Å²) in [7, 11) is 1.48. The van der Waals surface area contributed by atoms with E-state index in [1.807, 2.05) is 0 Å². The third-order valence-corrected chi connectivity index (χ3v) is 3.85. The van der Waals surface area contributed by atoms with E-state index in [0.717, 1.165) is 0 Å². The first-order valence-corrected chi connectivity index (χ1v) is 7.38. The molecule has 0 saturated carbocycles. The molecule has 0 aliphatic heterocycles. The highest BCUT2D eigenvalue weighted by Gasteiger charge is 2.16. The Labute approximate surface area is 141 Å². The van der Waals surface area contributed by atoms with Crippen LogP contribution in [0.2, 0.25) is 0 Å². The van der Waals surface area contributed by atoms with Gasteiger partial charge < -0.3 is 4.74 Å². The topological polar surface area (TPSA) is 85.7 Å². The summed E-state index contributed by atoms with van der Waals surface area (Å²) in [5.41, 5.74) is 1.66. The average molecular weight is 337 g/mol. The Morgan fingerprint density at radius 2 is 2.20 bits per heavy atom. The number of nitrogens with one attached hydrogen (secondary N) is 1. The standard InChI is InChI=1S/C17H12FN5O2/c1-25-15-4-2-3-12(18)16(15)13-5-11-14(6-19-13)21-22-17(11)23-7-10(8-24)20-9-23/h2-9H,1H3,(H,21,22). The molecule has 0 saturated heterocycles. The van der Waals surface area contributed by atoms with Crippen LogP contribution in [-0.2, 0) is 0 Å². The zero-order valence-electron chi connectivity index (χ0n) is 13.1. The number of carbonyl (C=O) groups is 1. The van der Waals surface area contributed by atoms with Crippen molar-refractivity contribution in [3.8, 4) is 22.8 Å². The van der Waals surface area contributed by atoms with Crippen molar-refractivity contribution in [3.05, 3.63) is 54.5 Å². The smallest absolute Gasteiger partial charge is 0.170 e. The third-order valence-electron chi connectivity index (χ3n) is 3.85. The van der Waals surface area contributed by atoms with E-state index in [1.165, 1.54) is 19.5 Å². The van der Waals surface area contributed by atoms with Crippen molar-refractivity contribution < 1.29 is 13.9 Å². The molecule has 1 aromatic carbocycles. The molecule has 0 bridgehead atoms. The number of pyridine rings is 1. The molecule has 25 heavy (non-hydrogen) atoms. The third kappa shape index (κ3) is 2.44. The van der Waals surface area contributed by atoms with E-state index < -0.39 is 5.82 Å². The lowest BCUT2D eigenvalue weighted by Gasteiger charge is -2.09. The van der Waals surface area contributed by atoms with Gasteiger partial charge in [-0.25, -0.2) is 9.37 Å². The minimum Gasteiger partial charge on any atom is -0.496 e. The number of benzene rings is 1. The van der Waals surface area contributed by atoms with E-state index >= 15 is 0 Å². The van der Waals surface area contributed by atoms with Gasteiger partial charge in [0.1, 0.15) is 23.6 Å². The number of hydrogen-bond acceptors (Lipinski definition) is 5. The first-order valence-electron chi connectivity index (χ1n) is 7.38. The summed E-state index contributed by atoms with van der Waals surface area (Å²) >= 11 is 0. The molecule has 0 aliphatic carbocycles. The number of aldehydes is 1. The molecule has 4 aromatic rings. The summed E-state index contributed by atoms with van der Waals surface area (Å²) < 4.78 is 21.2. The zero-order chi connectivity index (χ0) is 17.4. The lowest BCUT2D eigenvalue weighted by molar-refractivity contribution is 0.111. The van der Waals surface area contributed by atoms with Gasteiger partial charge in [-0.1, -0.05) is 6.07 Å². The summed E-state index contributed by atoms with van der Waals surface area (Å²) in [5.74, 6) is 0.499. The van der Waals surface area contributed by atoms with E-state index in [9.17, 15) is 9.18 Å². The van der Waals surface area contributed by atoms with Crippen molar-refractivity contribution in [3.63, 3.8) is 0 Å². The molecule has 1 N–H and O–H groups in total. The highest BCUT2D eigenvalue weighted by Crippen LogP contribution is 2.33. The Hall–Kier alpha value is -3.55. The Balaban J connectivity index is 1.91. The Kier molecular flexibility index (Phi) is 3.50. The number of aromatic nitrogens is 5. The molecule has 124 valence electrons. The van der Waals surface area contributed by atoms with Gasteiger partial charge >= 0.3 is 0 Å². The number of imidazole rings is 1. The Morgan fingerprint density at radius 1 is 1.32 bits per heavy atom. The van der Waals surface area contributed by atoms with Crippen LogP contribution in [0.1, 0.15) is 10.5 Å². The van der Waals surface area contributed by atoms with Crippen molar-refractivity contribution in [2.24, 2.45) is 0 Å². The number of nitrogens with zero attached hydrogens (tertiary/aromatic N) is 4. The second kappa shape index (κ2) is 5.82. The Morgan fingerprint density at radius 3 is 2.96 bits per heavy atom. The molecular weight excluding hydrogens is 325 g/mol. The summed E-state index contributed by atoms with van der Waals surface area (Å²) in [5, 5.41) is 7.80.